The highest BCUT2D eigenvalue weighted by molar-refractivity contribution is 4.87. The van der Waals surface area contributed by atoms with Crippen LogP contribution in [-0.2, 0) is 4.74 Å². The van der Waals surface area contributed by atoms with Gasteiger partial charge in [-0.1, -0.05) is 0 Å². The molecule has 0 saturated carbocycles. The van der Waals surface area contributed by atoms with Crippen molar-refractivity contribution in [2.75, 3.05) is 32.8 Å². The van der Waals surface area contributed by atoms with Gasteiger partial charge in [-0.3, -0.25) is 0 Å². The third-order valence-corrected chi connectivity index (χ3v) is 3.78. The van der Waals surface area contributed by atoms with E-state index >= 15 is 0 Å². The number of nitrogens with one attached hydrogen (secondary N) is 2. The zero-order valence-electron chi connectivity index (χ0n) is 9.85. The number of rotatable bonds is 4. The third-order valence-electron chi connectivity index (χ3n) is 3.78. The first-order valence-electron chi connectivity index (χ1n) is 6.32. The first-order valence-corrected chi connectivity index (χ1v) is 6.32. The van der Waals surface area contributed by atoms with E-state index in [4.69, 9.17) is 4.74 Å². The molecule has 2 aliphatic heterocycles. The van der Waals surface area contributed by atoms with Crippen LogP contribution in [0.1, 0.15) is 32.6 Å². The summed E-state index contributed by atoms with van der Waals surface area (Å²) in [6, 6.07) is 0. The summed E-state index contributed by atoms with van der Waals surface area (Å²) in [6.07, 6.45) is 5.21. The summed E-state index contributed by atoms with van der Waals surface area (Å²) in [4.78, 5) is 0. The lowest BCUT2D eigenvalue weighted by Gasteiger charge is -2.27. The fourth-order valence-electron chi connectivity index (χ4n) is 2.55. The van der Waals surface area contributed by atoms with Crippen molar-refractivity contribution in [3.05, 3.63) is 0 Å². The molecule has 0 bridgehead atoms. The van der Waals surface area contributed by atoms with Gasteiger partial charge in [0.05, 0.1) is 6.61 Å². The minimum atomic E-state index is 0.257. The van der Waals surface area contributed by atoms with Gasteiger partial charge >= 0.3 is 0 Å². The maximum atomic E-state index is 5.43. The van der Waals surface area contributed by atoms with Crippen LogP contribution in [-0.4, -0.2) is 38.4 Å². The van der Waals surface area contributed by atoms with Crippen molar-refractivity contribution >= 4 is 0 Å². The summed E-state index contributed by atoms with van der Waals surface area (Å²) < 4.78 is 5.43. The second-order valence-corrected chi connectivity index (χ2v) is 5.27. The molecule has 88 valence electrons. The van der Waals surface area contributed by atoms with Crippen LogP contribution >= 0.6 is 0 Å². The molecule has 2 fully saturated rings. The van der Waals surface area contributed by atoms with E-state index < -0.39 is 0 Å². The molecule has 0 aromatic rings. The normalized spacial score (nSPS) is 33.4. The highest BCUT2D eigenvalue weighted by atomic mass is 16.5. The summed E-state index contributed by atoms with van der Waals surface area (Å²) in [5.41, 5.74) is 0.257. The van der Waals surface area contributed by atoms with E-state index in [1.807, 2.05) is 0 Å². The molecule has 2 rings (SSSR count). The van der Waals surface area contributed by atoms with Gasteiger partial charge in [0.1, 0.15) is 0 Å². The first kappa shape index (κ1) is 11.4. The molecule has 0 amide bonds. The first-order chi connectivity index (χ1) is 7.29. The van der Waals surface area contributed by atoms with Gasteiger partial charge in [-0.05, 0) is 58.2 Å². The van der Waals surface area contributed by atoms with Gasteiger partial charge in [-0.2, -0.15) is 0 Å². The van der Waals surface area contributed by atoms with Crippen molar-refractivity contribution in [3.8, 4) is 0 Å². The summed E-state index contributed by atoms with van der Waals surface area (Å²) in [7, 11) is 0. The summed E-state index contributed by atoms with van der Waals surface area (Å²) in [6.45, 7) is 7.68. The lowest BCUT2D eigenvalue weighted by Crippen LogP contribution is -2.44. The quantitative estimate of drug-likeness (QED) is 0.733. The Hall–Kier alpha value is -0.120. The number of hydrogen-bond acceptors (Lipinski definition) is 3. The van der Waals surface area contributed by atoms with Gasteiger partial charge in [-0.15, -0.1) is 0 Å². The van der Waals surface area contributed by atoms with Crippen molar-refractivity contribution in [2.45, 2.75) is 38.1 Å². The molecule has 3 nitrogen and oxygen atoms in total. The Labute approximate surface area is 93.0 Å². The average molecular weight is 212 g/mol. The minimum absolute atomic E-state index is 0.257. The maximum Gasteiger partial charge on any atom is 0.0646 e. The smallest absolute Gasteiger partial charge is 0.0646 e. The van der Waals surface area contributed by atoms with E-state index in [2.05, 4.69) is 17.6 Å². The molecule has 3 heteroatoms. The van der Waals surface area contributed by atoms with Gasteiger partial charge in [0.2, 0.25) is 0 Å². The van der Waals surface area contributed by atoms with Crippen molar-refractivity contribution in [1.29, 1.82) is 0 Å². The van der Waals surface area contributed by atoms with E-state index in [-0.39, 0.29) is 5.54 Å². The van der Waals surface area contributed by atoms with Crippen LogP contribution < -0.4 is 10.6 Å². The molecule has 1 unspecified atom stereocenters. The van der Waals surface area contributed by atoms with Crippen LogP contribution in [0.15, 0.2) is 0 Å². The van der Waals surface area contributed by atoms with Gasteiger partial charge in [0.25, 0.3) is 0 Å². The highest BCUT2D eigenvalue weighted by Gasteiger charge is 2.28. The molecule has 0 spiro atoms. The van der Waals surface area contributed by atoms with E-state index in [0.29, 0.717) is 0 Å². The predicted molar refractivity (Wildman–Crippen MR) is 62.1 cm³/mol. The number of ether oxygens (including phenoxy) is 1. The van der Waals surface area contributed by atoms with Crippen LogP contribution in [0.2, 0.25) is 0 Å². The Kier molecular flexibility index (Phi) is 4.00. The van der Waals surface area contributed by atoms with Crippen LogP contribution in [0.3, 0.4) is 0 Å². The lowest BCUT2D eigenvalue weighted by molar-refractivity contribution is 0.170. The van der Waals surface area contributed by atoms with Crippen LogP contribution in [0, 0.1) is 5.92 Å². The summed E-state index contributed by atoms with van der Waals surface area (Å²) >= 11 is 0. The predicted octanol–water partition coefficient (Wildman–Crippen LogP) is 1.14. The standard InChI is InChI=1S/C12H24N2O/c1-12(5-9-15-10-12)14-8-4-11-2-6-13-7-3-11/h11,13-14H,2-10H2,1H3. The Morgan fingerprint density at radius 2 is 2.20 bits per heavy atom. The van der Waals surface area contributed by atoms with E-state index in [1.165, 1.54) is 38.8 Å². The number of piperidine rings is 1. The number of hydrogen-bond donors (Lipinski definition) is 2. The van der Waals surface area contributed by atoms with Crippen molar-refractivity contribution in [1.82, 2.24) is 10.6 Å². The Bertz CT molecular complexity index is 184. The molecule has 0 aromatic carbocycles. The molecular weight excluding hydrogens is 188 g/mol. The molecule has 0 aromatic heterocycles. The zero-order chi connectivity index (χ0) is 10.6. The third kappa shape index (κ3) is 3.44. The summed E-state index contributed by atoms with van der Waals surface area (Å²) in [5, 5.41) is 7.07. The maximum absolute atomic E-state index is 5.43. The minimum Gasteiger partial charge on any atom is -0.379 e. The molecule has 2 N–H and O–H groups in total. The molecule has 15 heavy (non-hydrogen) atoms. The van der Waals surface area contributed by atoms with Gasteiger partial charge in [-0.25, -0.2) is 0 Å². The Balaban J connectivity index is 1.61. The topological polar surface area (TPSA) is 33.3 Å². The Morgan fingerprint density at radius 1 is 1.40 bits per heavy atom. The molecule has 0 aliphatic carbocycles. The van der Waals surface area contributed by atoms with Crippen LogP contribution in [0.25, 0.3) is 0 Å². The molecule has 1 atom stereocenters. The van der Waals surface area contributed by atoms with Gasteiger partial charge in [0, 0.05) is 12.1 Å². The molecule has 2 saturated heterocycles. The summed E-state index contributed by atoms with van der Waals surface area (Å²) in [5.74, 6) is 0.935. The van der Waals surface area contributed by atoms with E-state index in [1.54, 1.807) is 0 Å². The van der Waals surface area contributed by atoms with Gasteiger partial charge in [0.15, 0.2) is 0 Å². The van der Waals surface area contributed by atoms with E-state index in [0.717, 1.165) is 25.7 Å². The van der Waals surface area contributed by atoms with E-state index in [9.17, 15) is 0 Å². The fourth-order valence-corrected chi connectivity index (χ4v) is 2.55. The van der Waals surface area contributed by atoms with Crippen molar-refractivity contribution in [3.63, 3.8) is 0 Å². The largest absolute Gasteiger partial charge is 0.379 e. The molecule has 2 heterocycles. The molecule has 0 radical (unpaired) electrons. The van der Waals surface area contributed by atoms with Crippen LogP contribution in [0.5, 0.6) is 0 Å². The van der Waals surface area contributed by atoms with Crippen LogP contribution in [0.4, 0.5) is 0 Å². The Morgan fingerprint density at radius 3 is 2.87 bits per heavy atom. The van der Waals surface area contributed by atoms with Crippen molar-refractivity contribution < 1.29 is 4.74 Å². The molecule has 2 aliphatic rings. The van der Waals surface area contributed by atoms with Crippen molar-refractivity contribution in [2.24, 2.45) is 5.92 Å². The second kappa shape index (κ2) is 5.28. The second-order valence-electron chi connectivity index (χ2n) is 5.27. The fraction of sp³-hybridized carbons (Fsp3) is 1.00. The highest BCUT2D eigenvalue weighted by Crippen LogP contribution is 2.19. The monoisotopic (exact) mass is 212 g/mol. The van der Waals surface area contributed by atoms with Gasteiger partial charge < -0.3 is 15.4 Å². The zero-order valence-corrected chi connectivity index (χ0v) is 9.85. The lowest BCUT2D eigenvalue weighted by atomic mass is 9.94. The average Bonchev–Trinajstić information content (AvgIpc) is 2.67. The molecular formula is C12H24N2O. The SMILES string of the molecule is CC1(NCCC2CCNCC2)CCOC1.